The van der Waals surface area contributed by atoms with E-state index in [2.05, 4.69) is 4.74 Å². The molecule has 0 bridgehead atoms. The third kappa shape index (κ3) is 3.28. The van der Waals surface area contributed by atoms with Gasteiger partial charge < -0.3 is 14.3 Å². The number of furan rings is 1. The molecule has 0 amide bonds. The van der Waals surface area contributed by atoms with Gasteiger partial charge in [-0.2, -0.15) is 11.8 Å². The number of methoxy groups -OCH3 is 1. The number of carbonyl (C=O) groups is 1. The van der Waals surface area contributed by atoms with Crippen LogP contribution in [0, 0.1) is 0 Å². The Labute approximate surface area is 92.6 Å². The summed E-state index contributed by atoms with van der Waals surface area (Å²) >= 11 is 1.65. The normalized spacial score (nSPS) is 12.5. The molecule has 0 radical (unpaired) electrons. The largest absolute Gasteiger partial charge is 0.463 e. The highest BCUT2D eigenvalue weighted by Gasteiger charge is 2.15. The summed E-state index contributed by atoms with van der Waals surface area (Å²) in [6, 6.07) is 3.10. The zero-order valence-electron chi connectivity index (χ0n) is 8.73. The van der Waals surface area contributed by atoms with E-state index in [1.165, 1.54) is 13.2 Å². The Kier molecular flexibility index (Phi) is 4.71. The van der Waals surface area contributed by atoms with Gasteiger partial charge in [0.25, 0.3) is 0 Å². The molecule has 0 fully saturated rings. The van der Waals surface area contributed by atoms with Crippen molar-refractivity contribution in [2.75, 3.05) is 19.1 Å². The monoisotopic (exact) mass is 230 g/mol. The number of aliphatic hydroxyl groups is 1. The van der Waals surface area contributed by atoms with Gasteiger partial charge in [0.1, 0.15) is 11.9 Å². The van der Waals surface area contributed by atoms with Crippen molar-refractivity contribution in [1.82, 2.24) is 0 Å². The first-order valence-corrected chi connectivity index (χ1v) is 5.93. The second-order valence-electron chi connectivity index (χ2n) is 2.99. The molecule has 1 heterocycles. The molecule has 1 N–H and O–H groups in total. The third-order valence-electron chi connectivity index (χ3n) is 1.94. The van der Waals surface area contributed by atoms with Gasteiger partial charge in [-0.1, -0.05) is 0 Å². The van der Waals surface area contributed by atoms with Crippen LogP contribution in [0.3, 0.4) is 0 Å². The maximum absolute atomic E-state index is 11.1. The number of rotatable bonds is 5. The number of hydrogen-bond donors (Lipinski definition) is 1. The van der Waals surface area contributed by atoms with Crippen LogP contribution >= 0.6 is 11.8 Å². The van der Waals surface area contributed by atoms with Crippen molar-refractivity contribution in [3.63, 3.8) is 0 Å². The molecule has 0 aliphatic carbocycles. The molecule has 15 heavy (non-hydrogen) atoms. The van der Waals surface area contributed by atoms with Crippen molar-refractivity contribution in [3.05, 3.63) is 23.7 Å². The van der Waals surface area contributed by atoms with E-state index in [-0.39, 0.29) is 5.76 Å². The zero-order chi connectivity index (χ0) is 11.3. The Morgan fingerprint density at radius 2 is 2.40 bits per heavy atom. The second-order valence-corrected chi connectivity index (χ2v) is 3.98. The van der Waals surface area contributed by atoms with E-state index in [4.69, 9.17) is 4.42 Å². The van der Waals surface area contributed by atoms with E-state index in [1.807, 2.05) is 6.26 Å². The number of aliphatic hydroxyl groups excluding tert-OH is 1. The fourth-order valence-electron chi connectivity index (χ4n) is 1.11. The molecular weight excluding hydrogens is 216 g/mol. The molecule has 0 spiro atoms. The molecule has 1 atom stereocenters. The number of hydrogen-bond acceptors (Lipinski definition) is 5. The van der Waals surface area contributed by atoms with Crippen LogP contribution < -0.4 is 0 Å². The summed E-state index contributed by atoms with van der Waals surface area (Å²) in [4.78, 5) is 11.1. The highest BCUT2D eigenvalue weighted by molar-refractivity contribution is 7.98. The van der Waals surface area contributed by atoms with E-state index in [0.717, 1.165) is 5.75 Å². The van der Waals surface area contributed by atoms with Gasteiger partial charge >= 0.3 is 5.97 Å². The van der Waals surface area contributed by atoms with Crippen molar-refractivity contribution >= 4 is 17.7 Å². The van der Waals surface area contributed by atoms with Gasteiger partial charge in [0, 0.05) is 0 Å². The Bertz CT molecular complexity index is 321. The van der Waals surface area contributed by atoms with Crippen LogP contribution in [0.2, 0.25) is 0 Å². The predicted octanol–water partition coefficient (Wildman–Crippen LogP) is 1.85. The molecule has 1 unspecified atom stereocenters. The topological polar surface area (TPSA) is 59.7 Å². The Morgan fingerprint density at radius 1 is 1.67 bits per heavy atom. The van der Waals surface area contributed by atoms with Crippen LogP contribution in [0.15, 0.2) is 16.5 Å². The van der Waals surface area contributed by atoms with Gasteiger partial charge in [-0.15, -0.1) is 0 Å². The fraction of sp³-hybridized carbons (Fsp3) is 0.500. The number of ether oxygens (including phenoxy) is 1. The highest BCUT2D eigenvalue weighted by atomic mass is 32.2. The number of esters is 1. The molecule has 0 saturated heterocycles. The molecule has 1 rings (SSSR count). The van der Waals surface area contributed by atoms with Gasteiger partial charge in [-0.3, -0.25) is 0 Å². The van der Waals surface area contributed by atoms with Crippen LogP contribution in [0.5, 0.6) is 0 Å². The highest BCUT2D eigenvalue weighted by Crippen LogP contribution is 2.21. The van der Waals surface area contributed by atoms with E-state index in [1.54, 1.807) is 17.8 Å². The summed E-state index contributed by atoms with van der Waals surface area (Å²) in [7, 11) is 1.29. The molecule has 4 nitrogen and oxygen atoms in total. The molecule has 5 heteroatoms. The van der Waals surface area contributed by atoms with Crippen LogP contribution in [-0.2, 0) is 4.74 Å². The summed E-state index contributed by atoms with van der Waals surface area (Å²) in [5.74, 6) is 0.841. The lowest BCUT2D eigenvalue weighted by atomic mass is 10.2. The smallest absolute Gasteiger partial charge is 0.373 e. The Balaban J connectivity index is 2.62. The molecule has 0 saturated carbocycles. The van der Waals surface area contributed by atoms with Gasteiger partial charge in [-0.25, -0.2) is 4.79 Å². The minimum Gasteiger partial charge on any atom is -0.463 e. The number of carbonyl (C=O) groups excluding carboxylic acids is 1. The molecule has 84 valence electrons. The summed E-state index contributed by atoms with van der Waals surface area (Å²) in [6.07, 6.45) is 1.92. The zero-order valence-corrected chi connectivity index (χ0v) is 9.54. The molecular formula is C10H14O4S. The average Bonchev–Trinajstić information content (AvgIpc) is 2.74. The van der Waals surface area contributed by atoms with Gasteiger partial charge in [-0.05, 0) is 30.6 Å². The van der Waals surface area contributed by atoms with Crippen molar-refractivity contribution in [2.45, 2.75) is 12.5 Å². The van der Waals surface area contributed by atoms with Crippen molar-refractivity contribution < 1.29 is 19.1 Å². The second kappa shape index (κ2) is 5.82. The molecule has 1 aromatic heterocycles. The van der Waals surface area contributed by atoms with Gasteiger partial charge in [0.05, 0.1) is 7.11 Å². The average molecular weight is 230 g/mol. The Morgan fingerprint density at radius 3 is 3.00 bits per heavy atom. The van der Waals surface area contributed by atoms with Gasteiger partial charge in [0.2, 0.25) is 5.76 Å². The minimum atomic E-state index is -0.657. The van der Waals surface area contributed by atoms with Crippen molar-refractivity contribution in [3.8, 4) is 0 Å². The van der Waals surface area contributed by atoms with Gasteiger partial charge in [0.15, 0.2) is 0 Å². The predicted molar refractivity (Wildman–Crippen MR) is 58.0 cm³/mol. The first-order chi connectivity index (χ1) is 7.19. The van der Waals surface area contributed by atoms with E-state index < -0.39 is 12.1 Å². The summed E-state index contributed by atoms with van der Waals surface area (Å²) in [5.41, 5.74) is 0. The molecule has 0 aliphatic rings. The summed E-state index contributed by atoms with van der Waals surface area (Å²) < 4.78 is 9.65. The van der Waals surface area contributed by atoms with Crippen LogP contribution in [-0.4, -0.2) is 30.2 Å². The van der Waals surface area contributed by atoms with Crippen LogP contribution in [0.25, 0.3) is 0 Å². The first-order valence-electron chi connectivity index (χ1n) is 4.54. The maximum atomic E-state index is 11.1. The third-order valence-corrected chi connectivity index (χ3v) is 2.58. The molecule has 0 aromatic carbocycles. The fourth-order valence-corrected chi connectivity index (χ4v) is 1.57. The summed E-state index contributed by atoms with van der Waals surface area (Å²) in [5, 5.41) is 9.66. The maximum Gasteiger partial charge on any atom is 0.373 e. The lowest BCUT2D eigenvalue weighted by molar-refractivity contribution is 0.0554. The quantitative estimate of drug-likeness (QED) is 0.782. The SMILES string of the molecule is COC(=O)c1ccc(C(O)CCSC)o1. The summed E-state index contributed by atoms with van der Waals surface area (Å²) in [6.45, 7) is 0. The van der Waals surface area contributed by atoms with E-state index in [9.17, 15) is 9.90 Å². The van der Waals surface area contributed by atoms with Crippen LogP contribution in [0.4, 0.5) is 0 Å². The lowest BCUT2D eigenvalue weighted by Crippen LogP contribution is -2.00. The minimum absolute atomic E-state index is 0.121. The Hall–Kier alpha value is -0.940. The molecule has 1 aromatic rings. The molecule has 0 aliphatic heterocycles. The number of thioether (sulfide) groups is 1. The van der Waals surface area contributed by atoms with Crippen LogP contribution in [0.1, 0.15) is 28.8 Å². The standard InChI is InChI=1S/C10H14O4S/c1-13-10(12)9-4-3-8(14-9)7(11)5-6-15-2/h3-4,7,11H,5-6H2,1-2H3. The van der Waals surface area contributed by atoms with E-state index >= 15 is 0 Å². The van der Waals surface area contributed by atoms with Crippen molar-refractivity contribution in [2.24, 2.45) is 0 Å². The van der Waals surface area contributed by atoms with E-state index in [0.29, 0.717) is 12.2 Å². The van der Waals surface area contributed by atoms with Crippen molar-refractivity contribution in [1.29, 1.82) is 0 Å². The lowest BCUT2D eigenvalue weighted by Gasteiger charge is -2.05. The first kappa shape index (κ1) is 12.1.